The largest absolute Gasteiger partial charge is 0.379 e. The predicted molar refractivity (Wildman–Crippen MR) is 70.4 cm³/mol. The second-order valence-electron chi connectivity index (χ2n) is 4.46. The van der Waals surface area contributed by atoms with Crippen molar-refractivity contribution in [1.82, 2.24) is 10.3 Å². The highest BCUT2D eigenvalue weighted by atomic mass is 14.9. The Hall–Kier alpha value is -2.22. The molecule has 0 saturated carbocycles. The van der Waals surface area contributed by atoms with E-state index < -0.39 is 0 Å². The van der Waals surface area contributed by atoms with Crippen LogP contribution in [0.15, 0.2) is 54.3 Å². The number of para-hydroxylation sites is 1. The van der Waals surface area contributed by atoms with Crippen LogP contribution in [0.4, 0.5) is 0 Å². The molecule has 2 heterocycles. The first-order chi connectivity index (χ1) is 8.43. The van der Waals surface area contributed by atoms with Crippen LogP contribution < -0.4 is 5.32 Å². The molecule has 0 bridgehead atoms. The lowest BCUT2D eigenvalue weighted by Crippen LogP contribution is -2.22. The lowest BCUT2D eigenvalue weighted by Gasteiger charge is -2.24. The van der Waals surface area contributed by atoms with Gasteiger partial charge in [0.25, 0.3) is 0 Å². The molecular weight excluding hydrogens is 208 g/mol. The maximum Gasteiger partial charge on any atom is 0.0920 e. The van der Waals surface area contributed by atoms with Crippen molar-refractivity contribution in [3.8, 4) is 0 Å². The summed E-state index contributed by atoms with van der Waals surface area (Å²) in [5, 5.41) is 4.71. The fourth-order valence-corrected chi connectivity index (χ4v) is 2.68. The molecule has 2 aliphatic rings. The zero-order valence-corrected chi connectivity index (χ0v) is 9.27. The molecule has 1 aromatic carbocycles. The number of hydrogen-bond acceptors (Lipinski definition) is 1. The summed E-state index contributed by atoms with van der Waals surface area (Å²) in [6.45, 7) is 0. The minimum Gasteiger partial charge on any atom is -0.379 e. The third-order valence-corrected chi connectivity index (χ3v) is 3.49. The number of aromatic nitrogens is 1. The molecule has 0 amide bonds. The molecule has 2 aromatic rings. The average Bonchev–Trinajstić information content (AvgIpc) is 2.78. The maximum absolute atomic E-state index is 3.53. The van der Waals surface area contributed by atoms with Crippen LogP contribution in [0.3, 0.4) is 0 Å². The van der Waals surface area contributed by atoms with Crippen LogP contribution in [0, 0.1) is 0 Å². The van der Waals surface area contributed by atoms with Gasteiger partial charge in [-0.15, -0.1) is 0 Å². The quantitative estimate of drug-likeness (QED) is 0.700. The minimum absolute atomic E-state index is 0.271. The molecule has 82 valence electrons. The van der Waals surface area contributed by atoms with E-state index in [1.165, 1.54) is 27.7 Å². The summed E-state index contributed by atoms with van der Waals surface area (Å²) in [4.78, 5) is 3.53. The third kappa shape index (κ3) is 1.15. The number of hydrogen-bond donors (Lipinski definition) is 2. The van der Waals surface area contributed by atoms with Gasteiger partial charge >= 0.3 is 0 Å². The summed E-state index contributed by atoms with van der Waals surface area (Å²) in [5.41, 5.74) is 5.10. The van der Waals surface area contributed by atoms with Crippen LogP contribution in [0.1, 0.15) is 17.3 Å². The monoisotopic (exact) mass is 220 g/mol. The highest BCUT2D eigenvalue weighted by Gasteiger charge is 2.24. The number of fused-ring (bicyclic) bond motifs is 5. The predicted octanol–water partition coefficient (Wildman–Crippen LogP) is 3.28. The van der Waals surface area contributed by atoms with Gasteiger partial charge < -0.3 is 10.3 Å². The first-order valence-electron chi connectivity index (χ1n) is 5.85. The van der Waals surface area contributed by atoms with E-state index in [4.69, 9.17) is 0 Å². The Bertz CT molecular complexity index is 686. The summed E-state index contributed by atoms with van der Waals surface area (Å²) in [7, 11) is 0. The van der Waals surface area contributed by atoms with Crippen LogP contribution in [0.2, 0.25) is 0 Å². The van der Waals surface area contributed by atoms with Crippen molar-refractivity contribution >= 4 is 17.0 Å². The molecule has 0 radical (unpaired) electrons. The highest BCUT2D eigenvalue weighted by Crippen LogP contribution is 2.36. The topological polar surface area (TPSA) is 27.8 Å². The second-order valence-corrected chi connectivity index (χ2v) is 4.46. The third-order valence-electron chi connectivity index (χ3n) is 3.49. The summed E-state index contributed by atoms with van der Waals surface area (Å²) < 4.78 is 0. The van der Waals surface area contributed by atoms with Crippen LogP contribution >= 0.6 is 0 Å². The van der Waals surface area contributed by atoms with Crippen LogP contribution in [-0.2, 0) is 0 Å². The lowest BCUT2D eigenvalue weighted by molar-refractivity contribution is 0.697. The van der Waals surface area contributed by atoms with Gasteiger partial charge in [0.1, 0.15) is 0 Å². The Balaban J connectivity index is 2.02. The first kappa shape index (κ1) is 8.88. The number of dihydropyridines is 1. The Kier molecular flexibility index (Phi) is 1.64. The Morgan fingerprint density at radius 1 is 1.06 bits per heavy atom. The van der Waals surface area contributed by atoms with E-state index >= 15 is 0 Å². The molecule has 0 spiro atoms. The summed E-state index contributed by atoms with van der Waals surface area (Å²) >= 11 is 0. The zero-order chi connectivity index (χ0) is 11.2. The number of rotatable bonds is 0. The molecule has 4 rings (SSSR count). The lowest BCUT2D eigenvalue weighted by atomic mass is 9.92. The van der Waals surface area contributed by atoms with E-state index in [0.29, 0.717) is 0 Å². The molecule has 2 heteroatoms. The van der Waals surface area contributed by atoms with Gasteiger partial charge in [0.05, 0.1) is 11.7 Å². The van der Waals surface area contributed by atoms with Crippen molar-refractivity contribution in [2.24, 2.45) is 0 Å². The van der Waals surface area contributed by atoms with E-state index in [1.807, 2.05) is 12.3 Å². The number of aromatic amines is 1. The number of benzene rings is 1. The molecule has 2 nitrogen and oxygen atoms in total. The van der Waals surface area contributed by atoms with Crippen LogP contribution in [0.5, 0.6) is 0 Å². The van der Waals surface area contributed by atoms with E-state index in [0.717, 1.165) is 0 Å². The number of nitrogens with one attached hydrogen (secondary N) is 2. The number of H-pyrrole nitrogens is 1. The van der Waals surface area contributed by atoms with Crippen molar-refractivity contribution in [1.29, 1.82) is 0 Å². The summed E-state index contributed by atoms with van der Waals surface area (Å²) in [5.74, 6) is 0. The number of allylic oxidation sites excluding steroid dienone is 2. The van der Waals surface area contributed by atoms with Crippen molar-refractivity contribution in [2.45, 2.75) is 6.04 Å². The summed E-state index contributed by atoms with van der Waals surface area (Å²) in [6, 6.07) is 8.72. The van der Waals surface area contributed by atoms with Crippen LogP contribution in [0.25, 0.3) is 17.0 Å². The molecule has 0 fully saturated rings. The molecular formula is C15H12N2. The average molecular weight is 220 g/mol. The summed E-state index contributed by atoms with van der Waals surface area (Å²) in [6.07, 6.45) is 10.6. The van der Waals surface area contributed by atoms with Gasteiger partial charge in [-0.05, 0) is 23.9 Å². The second kappa shape index (κ2) is 3.14. The van der Waals surface area contributed by atoms with Crippen molar-refractivity contribution < 1.29 is 0 Å². The van der Waals surface area contributed by atoms with E-state index in [9.17, 15) is 0 Å². The van der Waals surface area contributed by atoms with Gasteiger partial charge in [-0.3, -0.25) is 0 Å². The maximum atomic E-state index is 3.53. The van der Waals surface area contributed by atoms with Gasteiger partial charge in [-0.25, -0.2) is 0 Å². The fourth-order valence-electron chi connectivity index (χ4n) is 2.68. The standard InChI is InChI=1S/C15H12N2/c1-2-6-13-11(5-1)12-8-7-10-4-3-9-16-14(10)15(12)17-13/h1-9,14,16-17H. The smallest absolute Gasteiger partial charge is 0.0920 e. The Labute approximate surface area is 99.3 Å². The molecule has 1 aliphatic heterocycles. The molecule has 2 N–H and O–H groups in total. The van der Waals surface area contributed by atoms with Gasteiger partial charge in [-0.1, -0.05) is 36.4 Å². The Morgan fingerprint density at radius 3 is 3.00 bits per heavy atom. The van der Waals surface area contributed by atoms with Gasteiger partial charge in [0.2, 0.25) is 0 Å². The normalized spacial score (nSPS) is 20.7. The highest BCUT2D eigenvalue weighted by molar-refractivity contribution is 5.92. The molecule has 17 heavy (non-hydrogen) atoms. The minimum atomic E-state index is 0.271. The molecule has 0 saturated heterocycles. The SMILES string of the molecule is C1=CNC2C(=C1)C=Cc1c2[nH]c2ccccc12. The molecule has 1 atom stereocenters. The van der Waals surface area contributed by atoms with Crippen molar-refractivity contribution in [3.05, 3.63) is 65.5 Å². The van der Waals surface area contributed by atoms with Gasteiger partial charge in [0.15, 0.2) is 0 Å². The van der Waals surface area contributed by atoms with Gasteiger partial charge in [-0.2, -0.15) is 0 Å². The first-order valence-corrected chi connectivity index (χ1v) is 5.85. The van der Waals surface area contributed by atoms with Crippen molar-refractivity contribution in [2.75, 3.05) is 0 Å². The van der Waals surface area contributed by atoms with E-state index in [2.05, 4.69) is 52.8 Å². The zero-order valence-electron chi connectivity index (χ0n) is 9.27. The van der Waals surface area contributed by atoms with Crippen molar-refractivity contribution in [3.63, 3.8) is 0 Å². The van der Waals surface area contributed by atoms with E-state index in [-0.39, 0.29) is 6.04 Å². The van der Waals surface area contributed by atoms with E-state index in [1.54, 1.807) is 0 Å². The fraction of sp³-hybridized carbons (Fsp3) is 0.0667. The molecule has 1 aliphatic carbocycles. The molecule has 1 aromatic heterocycles. The Morgan fingerprint density at radius 2 is 2.00 bits per heavy atom. The van der Waals surface area contributed by atoms with Gasteiger partial charge in [0, 0.05) is 16.5 Å². The molecule has 1 unspecified atom stereocenters. The van der Waals surface area contributed by atoms with Crippen LogP contribution in [-0.4, -0.2) is 4.98 Å².